The zero-order valence-corrected chi connectivity index (χ0v) is 11.7. The van der Waals surface area contributed by atoms with Crippen LogP contribution in [0.15, 0.2) is 51.7 Å². The summed E-state index contributed by atoms with van der Waals surface area (Å²) < 4.78 is 4.87. The zero-order chi connectivity index (χ0) is 15.7. The number of fused-ring (bicyclic) bond motifs is 1. The van der Waals surface area contributed by atoms with E-state index < -0.39 is 17.4 Å². The van der Waals surface area contributed by atoms with Crippen molar-refractivity contribution in [3.05, 3.63) is 64.1 Å². The quantitative estimate of drug-likeness (QED) is 0.572. The summed E-state index contributed by atoms with van der Waals surface area (Å²) >= 11 is 0. The average molecular weight is 296 g/mol. The van der Waals surface area contributed by atoms with Crippen LogP contribution in [0.25, 0.3) is 11.1 Å². The van der Waals surface area contributed by atoms with E-state index >= 15 is 0 Å². The SMILES string of the molecule is Cc1ccc(C(=O)C(=O)Nc2ccc3oc(=O)[nH]c3c2)cc1. The van der Waals surface area contributed by atoms with Gasteiger partial charge in [0.1, 0.15) is 0 Å². The van der Waals surface area contributed by atoms with E-state index in [1.165, 1.54) is 6.07 Å². The van der Waals surface area contributed by atoms with Gasteiger partial charge in [-0.1, -0.05) is 29.8 Å². The van der Waals surface area contributed by atoms with Gasteiger partial charge in [-0.05, 0) is 25.1 Å². The van der Waals surface area contributed by atoms with Crippen LogP contribution in [0.2, 0.25) is 0 Å². The average Bonchev–Trinajstić information content (AvgIpc) is 2.86. The van der Waals surface area contributed by atoms with Crippen molar-refractivity contribution >= 4 is 28.5 Å². The van der Waals surface area contributed by atoms with E-state index in [-0.39, 0.29) is 0 Å². The number of aromatic amines is 1. The Bertz CT molecular complexity index is 919. The molecular formula is C16H12N2O4. The van der Waals surface area contributed by atoms with Gasteiger partial charge < -0.3 is 9.73 Å². The third kappa shape index (κ3) is 2.67. The fourth-order valence-electron chi connectivity index (χ4n) is 2.05. The first kappa shape index (κ1) is 13.8. The van der Waals surface area contributed by atoms with E-state index in [1.807, 2.05) is 6.92 Å². The number of hydrogen-bond acceptors (Lipinski definition) is 4. The number of Topliss-reactive ketones (excluding diaryl/α,β-unsaturated/α-hetero) is 1. The molecule has 6 heteroatoms. The fraction of sp³-hybridized carbons (Fsp3) is 0.0625. The lowest BCUT2D eigenvalue weighted by atomic mass is 10.1. The molecule has 0 aliphatic heterocycles. The standard InChI is InChI=1S/C16H12N2O4/c1-9-2-4-10(5-3-9)14(19)15(20)17-11-6-7-13-12(8-11)18-16(21)22-13/h2-8H,1H3,(H,17,20)(H,18,21). The molecular weight excluding hydrogens is 284 g/mol. The first-order chi connectivity index (χ1) is 10.5. The van der Waals surface area contributed by atoms with E-state index in [1.54, 1.807) is 36.4 Å². The van der Waals surface area contributed by atoms with Crippen LogP contribution in [-0.4, -0.2) is 16.7 Å². The lowest BCUT2D eigenvalue weighted by Gasteiger charge is -2.04. The lowest BCUT2D eigenvalue weighted by molar-refractivity contribution is -0.112. The van der Waals surface area contributed by atoms with E-state index in [9.17, 15) is 14.4 Å². The van der Waals surface area contributed by atoms with Crippen LogP contribution in [0.4, 0.5) is 5.69 Å². The Morgan fingerprint density at radius 3 is 2.55 bits per heavy atom. The molecule has 2 N–H and O–H groups in total. The summed E-state index contributed by atoms with van der Waals surface area (Å²) in [7, 11) is 0. The van der Waals surface area contributed by atoms with E-state index in [4.69, 9.17) is 4.42 Å². The number of anilines is 1. The Morgan fingerprint density at radius 2 is 1.82 bits per heavy atom. The topological polar surface area (TPSA) is 92.2 Å². The minimum atomic E-state index is -0.742. The molecule has 0 bridgehead atoms. The van der Waals surface area contributed by atoms with Crippen LogP contribution in [0, 0.1) is 6.92 Å². The second-order valence-corrected chi connectivity index (χ2v) is 4.87. The lowest BCUT2D eigenvalue weighted by Crippen LogP contribution is -2.22. The molecule has 0 saturated carbocycles. The molecule has 0 atom stereocenters. The number of nitrogens with one attached hydrogen (secondary N) is 2. The van der Waals surface area contributed by atoms with Gasteiger partial charge in [-0.3, -0.25) is 14.6 Å². The molecule has 1 aromatic heterocycles. The Morgan fingerprint density at radius 1 is 1.09 bits per heavy atom. The van der Waals surface area contributed by atoms with Gasteiger partial charge >= 0.3 is 5.76 Å². The van der Waals surface area contributed by atoms with Gasteiger partial charge in [-0.15, -0.1) is 0 Å². The van der Waals surface area contributed by atoms with Crippen molar-refractivity contribution in [2.24, 2.45) is 0 Å². The summed E-state index contributed by atoms with van der Waals surface area (Å²) in [5.74, 6) is -1.94. The second kappa shape index (κ2) is 5.33. The van der Waals surface area contributed by atoms with Crippen LogP contribution in [-0.2, 0) is 4.79 Å². The number of carbonyl (C=O) groups excluding carboxylic acids is 2. The van der Waals surface area contributed by atoms with Gasteiger partial charge in [0.2, 0.25) is 0 Å². The van der Waals surface area contributed by atoms with Crippen molar-refractivity contribution in [1.29, 1.82) is 0 Å². The molecule has 0 aliphatic rings. The van der Waals surface area contributed by atoms with Gasteiger partial charge in [0, 0.05) is 11.3 Å². The van der Waals surface area contributed by atoms with Crippen molar-refractivity contribution in [3.63, 3.8) is 0 Å². The number of hydrogen-bond donors (Lipinski definition) is 2. The summed E-state index contributed by atoms with van der Waals surface area (Å²) in [5, 5.41) is 2.50. The molecule has 110 valence electrons. The second-order valence-electron chi connectivity index (χ2n) is 4.87. The number of H-pyrrole nitrogens is 1. The Hall–Kier alpha value is -3.15. The number of ketones is 1. The molecule has 1 heterocycles. The maximum absolute atomic E-state index is 12.0. The molecule has 3 aromatic rings. The van der Waals surface area contributed by atoms with E-state index in [2.05, 4.69) is 10.3 Å². The van der Waals surface area contributed by atoms with Crippen LogP contribution >= 0.6 is 0 Å². The molecule has 0 aliphatic carbocycles. The van der Waals surface area contributed by atoms with Gasteiger partial charge in [-0.25, -0.2) is 4.79 Å². The summed E-state index contributed by atoms with van der Waals surface area (Å²) in [6.45, 7) is 1.90. The molecule has 0 spiro atoms. The van der Waals surface area contributed by atoms with Crippen LogP contribution < -0.4 is 11.1 Å². The fourth-order valence-corrected chi connectivity index (χ4v) is 2.05. The normalized spacial score (nSPS) is 10.6. The number of rotatable bonds is 3. The van der Waals surface area contributed by atoms with Crippen molar-refractivity contribution in [2.75, 3.05) is 5.32 Å². The maximum Gasteiger partial charge on any atom is 0.417 e. The molecule has 0 unspecified atom stereocenters. The third-order valence-corrected chi connectivity index (χ3v) is 3.20. The van der Waals surface area contributed by atoms with Crippen molar-refractivity contribution < 1.29 is 14.0 Å². The molecule has 0 radical (unpaired) electrons. The highest BCUT2D eigenvalue weighted by Gasteiger charge is 2.16. The summed E-state index contributed by atoms with van der Waals surface area (Å²) in [5.41, 5.74) is 2.56. The predicted octanol–water partition coefficient (Wildman–Crippen LogP) is 2.25. The van der Waals surface area contributed by atoms with Crippen molar-refractivity contribution in [3.8, 4) is 0 Å². The molecule has 6 nitrogen and oxygen atoms in total. The first-order valence-electron chi connectivity index (χ1n) is 6.58. The van der Waals surface area contributed by atoms with Crippen LogP contribution in [0.3, 0.4) is 0 Å². The molecule has 22 heavy (non-hydrogen) atoms. The highest BCUT2D eigenvalue weighted by atomic mass is 16.4. The molecule has 3 rings (SSSR count). The predicted molar refractivity (Wildman–Crippen MR) is 81.0 cm³/mol. The summed E-state index contributed by atoms with van der Waals surface area (Å²) in [4.78, 5) is 37.6. The summed E-state index contributed by atoms with van der Waals surface area (Å²) in [6.07, 6.45) is 0. The highest BCUT2D eigenvalue weighted by molar-refractivity contribution is 6.46. The Balaban J connectivity index is 1.81. The monoisotopic (exact) mass is 296 g/mol. The van der Waals surface area contributed by atoms with Gasteiger partial charge in [0.25, 0.3) is 11.7 Å². The van der Waals surface area contributed by atoms with E-state index in [0.717, 1.165) is 5.56 Å². The smallest absolute Gasteiger partial charge is 0.408 e. The minimum Gasteiger partial charge on any atom is -0.408 e. The summed E-state index contributed by atoms with van der Waals surface area (Å²) in [6, 6.07) is 11.4. The largest absolute Gasteiger partial charge is 0.417 e. The number of oxazole rings is 1. The Labute approximate surface area is 124 Å². The molecule has 0 saturated heterocycles. The van der Waals surface area contributed by atoms with Gasteiger partial charge in [-0.2, -0.15) is 0 Å². The zero-order valence-electron chi connectivity index (χ0n) is 11.7. The minimum absolute atomic E-state index is 0.320. The molecule has 1 amide bonds. The number of carbonyl (C=O) groups is 2. The van der Waals surface area contributed by atoms with Crippen molar-refractivity contribution in [2.45, 2.75) is 6.92 Å². The highest BCUT2D eigenvalue weighted by Crippen LogP contribution is 2.16. The van der Waals surface area contributed by atoms with Gasteiger partial charge in [0.05, 0.1) is 5.52 Å². The number of aryl methyl sites for hydroxylation is 1. The Kier molecular flexibility index (Phi) is 3.34. The van der Waals surface area contributed by atoms with Crippen LogP contribution in [0.5, 0.6) is 0 Å². The maximum atomic E-state index is 12.0. The number of benzene rings is 2. The molecule has 2 aromatic carbocycles. The van der Waals surface area contributed by atoms with Gasteiger partial charge in [0.15, 0.2) is 5.58 Å². The third-order valence-electron chi connectivity index (χ3n) is 3.20. The van der Waals surface area contributed by atoms with Crippen molar-refractivity contribution in [1.82, 2.24) is 4.98 Å². The first-order valence-corrected chi connectivity index (χ1v) is 6.58. The number of aromatic nitrogens is 1. The van der Waals surface area contributed by atoms with E-state index in [0.29, 0.717) is 22.4 Å². The molecule has 0 fully saturated rings. The number of amides is 1. The van der Waals surface area contributed by atoms with Crippen LogP contribution in [0.1, 0.15) is 15.9 Å².